The number of aromatic nitrogens is 1. The van der Waals surface area contributed by atoms with Gasteiger partial charge in [-0.1, -0.05) is 30.3 Å². The Balaban J connectivity index is 1.22. The Bertz CT molecular complexity index is 1820. The van der Waals surface area contributed by atoms with Crippen molar-refractivity contribution in [2.24, 2.45) is 0 Å². The molecule has 1 amide bonds. The number of nitrogens with zero attached hydrogens (tertiary/aromatic N) is 3. The molecule has 0 saturated heterocycles. The van der Waals surface area contributed by atoms with Crippen LogP contribution in [0.2, 0.25) is 0 Å². The van der Waals surface area contributed by atoms with E-state index in [1.807, 2.05) is 42.6 Å². The maximum Gasteiger partial charge on any atom is 0.243 e. The van der Waals surface area contributed by atoms with Gasteiger partial charge in [0.2, 0.25) is 15.9 Å². The topological polar surface area (TPSA) is 83.9 Å². The molecule has 1 aliphatic carbocycles. The first-order valence-electron chi connectivity index (χ1n) is 15.8. The molecule has 4 aromatic rings. The summed E-state index contributed by atoms with van der Waals surface area (Å²) >= 11 is 0. The molecule has 3 aromatic carbocycles. The van der Waals surface area contributed by atoms with Gasteiger partial charge in [-0.3, -0.25) is 9.69 Å². The molecule has 2 atom stereocenters. The second-order valence-electron chi connectivity index (χ2n) is 13.4. The molecule has 2 unspecified atom stereocenters. The standard InChI is InChI=1S/C36H44N4O4S/c1-36(2,3)38(4)24-25-11-16-31-28(20-25)8-6-9-32(31)37-35(41)23-34-33-10-7-17-39(33)18-19-40(34)45(42,43)30-15-13-26-21-29(44-5)14-12-27(26)22-30/h7,10-17,20-22,32,34H,6,8-9,18-19,23-24H2,1-5H3,(H,37,41). The molecule has 0 saturated carbocycles. The number of methoxy groups -OCH3 is 1. The fraction of sp³-hybridized carbons (Fsp3) is 0.417. The quantitative estimate of drug-likeness (QED) is 0.251. The smallest absolute Gasteiger partial charge is 0.243 e. The van der Waals surface area contributed by atoms with Crippen molar-refractivity contribution in [3.63, 3.8) is 0 Å². The van der Waals surface area contributed by atoms with Crippen LogP contribution < -0.4 is 10.1 Å². The van der Waals surface area contributed by atoms with E-state index in [2.05, 4.69) is 60.8 Å². The predicted octanol–water partition coefficient (Wildman–Crippen LogP) is 6.21. The average Bonchev–Trinajstić information content (AvgIpc) is 3.50. The molecule has 1 aromatic heterocycles. The van der Waals surface area contributed by atoms with E-state index in [0.29, 0.717) is 13.1 Å². The Labute approximate surface area is 267 Å². The lowest BCUT2D eigenvalue weighted by Crippen LogP contribution is -2.44. The van der Waals surface area contributed by atoms with Crippen molar-refractivity contribution in [3.8, 4) is 5.75 Å². The number of aryl methyl sites for hydroxylation is 1. The van der Waals surface area contributed by atoms with Gasteiger partial charge in [0.25, 0.3) is 0 Å². The van der Waals surface area contributed by atoms with Crippen LogP contribution in [0, 0.1) is 0 Å². The van der Waals surface area contributed by atoms with Crippen LogP contribution in [-0.4, -0.2) is 54.3 Å². The molecule has 45 heavy (non-hydrogen) atoms. The van der Waals surface area contributed by atoms with Gasteiger partial charge >= 0.3 is 0 Å². The van der Waals surface area contributed by atoms with Crippen LogP contribution in [0.15, 0.2) is 77.8 Å². The Hall–Kier alpha value is -3.66. The zero-order chi connectivity index (χ0) is 31.9. The second-order valence-corrected chi connectivity index (χ2v) is 15.3. The molecule has 0 fully saturated rings. The van der Waals surface area contributed by atoms with Crippen LogP contribution >= 0.6 is 0 Å². The summed E-state index contributed by atoms with van der Waals surface area (Å²) in [6, 6.07) is 20.5. The van der Waals surface area contributed by atoms with Gasteiger partial charge in [0.1, 0.15) is 5.75 Å². The van der Waals surface area contributed by atoms with Crippen molar-refractivity contribution in [3.05, 3.63) is 95.3 Å². The summed E-state index contributed by atoms with van der Waals surface area (Å²) < 4.78 is 37.2. The van der Waals surface area contributed by atoms with E-state index in [4.69, 9.17) is 4.74 Å². The number of carbonyl (C=O) groups is 1. The van der Waals surface area contributed by atoms with E-state index in [9.17, 15) is 13.2 Å². The number of amides is 1. The first-order valence-corrected chi connectivity index (χ1v) is 17.2. The molecule has 1 N–H and O–H groups in total. The lowest BCUT2D eigenvalue weighted by atomic mass is 9.86. The van der Waals surface area contributed by atoms with Crippen LogP contribution in [0.3, 0.4) is 0 Å². The molecule has 1 aliphatic heterocycles. The number of hydrogen-bond acceptors (Lipinski definition) is 5. The summed E-state index contributed by atoms with van der Waals surface area (Å²) in [5, 5.41) is 5.00. The normalized spacial score (nSPS) is 18.9. The Morgan fingerprint density at radius 1 is 1.02 bits per heavy atom. The van der Waals surface area contributed by atoms with Crippen LogP contribution in [0.5, 0.6) is 5.75 Å². The van der Waals surface area contributed by atoms with Crippen molar-refractivity contribution >= 4 is 26.7 Å². The molecular formula is C36H44N4O4S. The zero-order valence-corrected chi connectivity index (χ0v) is 27.7. The maximum absolute atomic E-state index is 14.2. The third kappa shape index (κ3) is 6.39. The molecule has 0 spiro atoms. The number of rotatable bonds is 8. The van der Waals surface area contributed by atoms with Crippen LogP contribution in [0.1, 0.15) is 74.5 Å². The molecule has 0 bridgehead atoms. The van der Waals surface area contributed by atoms with E-state index < -0.39 is 16.1 Å². The minimum Gasteiger partial charge on any atom is -0.497 e. The summed E-state index contributed by atoms with van der Waals surface area (Å²) in [5.41, 5.74) is 4.64. The molecule has 8 nitrogen and oxygen atoms in total. The van der Waals surface area contributed by atoms with Gasteiger partial charge in [0, 0.05) is 43.5 Å². The van der Waals surface area contributed by atoms with Gasteiger partial charge < -0.3 is 14.6 Å². The van der Waals surface area contributed by atoms with Crippen molar-refractivity contribution in [2.45, 2.75) is 82.1 Å². The molecular weight excluding hydrogens is 584 g/mol. The first kappa shape index (κ1) is 31.3. The molecule has 6 rings (SSSR count). The largest absolute Gasteiger partial charge is 0.497 e. The minimum atomic E-state index is -3.89. The number of carbonyl (C=O) groups excluding carboxylic acids is 1. The van der Waals surface area contributed by atoms with Gasteiger partial charge in [-0.05, 0) is 111 Å². The van der Waals surface area contributed by atoms with E-state index in [1.165, 1.54) is 21.0 Å². The first-order chi connectivity index (χ1) is 21.4. The van der Waals surface area contributed by atoms with Gasteiger partial charge in [0.05, 0.1) is 24.1 Å². The third-order valence-electron chi connectivity index (χ3n) is 9.54. The van der Waals surface area contributed by atoms with Crippen LogP contribution in [0.25, 0.3) is 10.8 Å². The molecule has 0 radical (unpaired) electrons. The molecule has 2 heterocycles. The minimum absolute atomic E-state index is 0.0499. The lowest BCUT2D eigenvalue weighted by molar-refractivity contribution is -0.123. The van der Waals surface area contributed by atoms with Crippen molar-refractivity contribution in [2.75, 3.05) is 20.7 Å². The van der Waals surface area contributed by atoms with Gasteiger partial charge in [-0.2, -0.15) is 4.31 Å². The lowest BCUT2D eigenvalue weighted by Gasteiger charge is -2.36. The second kappa shape index (κ2) is 12.3. The highest BCUT2D eigenvalue weighted by Gasteiger charge is 2.38. The fourth-order valence-corrected chi connectivity index (χ4v) is 8.24. The Morgan fingerprint density at radius 3 is 2.58 bits per heavy atom. The molecule has 9 heteroatoms. The number of nitrogens with one attached hydrogen (secondary N) is 1. The van der Waals surface area contributed by atoms with Crippen molar-refractivity contribution in [1.82, 2.24) is 19.1 Å². The Morgan fingerprint density at radius 2 is 1.80 bits per heavy atom. The predicted molar refractivity (Wildman–Crippen MR) is 178 cm³/mol. The SMILES string of the molecule is COc1ccc2cc(S(=O)(=O)N3CCn4cccc4C3CC(=O)NC3CCCc4cc(CN(C)C(C)(C)C)ccc43)ccc2c1. The number of benzene rings is 3. The van der Waals surface area contributed by atoms with E-state index in [-0.39, 0.29) is 28.8 Å². The number of ether oxygens (including phenoxy) is 1. The summed E-state index contributed by atoms with van der Waals surface area (Å²) in [6.45, 7) is 8.34. The van der Waals surface area contributed by atoms with Crippen molar-refractivity contribution in [1.29, 1.82) is 0 Å². The summed E-state index contributed by atoms with van der Waals surface area (Å²) in [5.74, 6) is 0.574. The monoisotopic (exact) mass is 628 g/mol. The average molecular weight is 629 g/mol. The molecule has 238 valence electrons. The van der Waals surface area contributed by atoms with E-state index in [1.54, 1.807) is 19.2 Å². The number of fused-ring (bicyclic) bond motifs is 3. The van der Waals surface area contributed by atoms with Crippen LogP contribution in [-0.2, 0) is 34.3 Å². The highest BCUT2D eigenvalue weighted by atomic mass is 32.2. The summed E-state index contributed by atoms with van der Waals surface area (Å²) in [6.07, 6.45) is 4.87. The Kier molecular flexibility index (Phi) is 8.54. The third-order valence-corrected chi connectivity index (χ3v) is 11.4. The maximum atomic E-state index is 14.2. The fourth-order valence-electron chi connectivity index (χ4n) is 6.62. The highest BCUT2D eigenvalue weighted by Crippen LogP contribution is 2.36. The zero-order valence-electron chi connectivity index (χ0n) is 26.9. The van der Waals surface area contributed by atoms with E-state index >= 15 is 0 Å². The van der Waals surface area contributed by atoms with Crippen molar-refractivity contribution < 1.29 is 17.9 Å². The molecule has 2 aliphatic rings. The van der Waals surface area contributed by atoms with Crippen LogP contribution in [0.4, 0.5) is 0 Å². The van der Waals surface area contributed by atoms with Gasteiger partial charge in [0.15, 0.2) is 0 Å². The highest BCUT2D eigenvalue weighted by molar-refractivity contribution is 7.89. The number of sulfonamides is 1. The summed E-state index contributed by atoms with van der Waals surface area (Å²) in [4.78, 5) is 16.3. The summed E-state index contributed by atoms with van der Waals surface area (Å²) in [7, 11) is -0.133. The van der Waals surface area contributed by atoms with Gasteiger partial charge in [-0.25, -0.2) is 8.42 Å². The van der Waals surface area contributed by atoms with Gasteiger partial charge in [-0.15, -0.1) is 0 Å². The number of hydrogen-bond donors (Lipinski definition) is 1. The van der Waals surface area contributed by atoms with E-state index in [0.717, 1.165) is 48.0 Å².